The monoisotopic (exact) mass is 304 g/mol. The summed E-state index contributed by atoms with van der Waals surface area (Å²) >= 11 is 0. The first-order valence-corrected chi connectivity index (χ1v) is 9.59. The van der Waals surface area contributed by atoms with Crippen molar-refractivity contribution in [3.8, 4) is 0 Å². The largest absolute Gasteiger partial charge is 0.376 e. The van der Waals surface area contributed by atoms with Crippen molar-refractivity contribution in [3.05, 3.63) is 0 Å². The third kappa shape index (κ3) is 4.41. The van der Waals surface area contributed by atoms with Gasteiger partial charge in [-0.05, 0) is 38.6 Å². The second kappa shape index (κ2) is 7.20. The van der Waals surface area contributed by atoms with Crippen LogP contribution in [0.3, 0.4) is 0 Å². The highest BCUT2D eigenvalue weighted by Gasteiger charge is 2.29. The smallest absolute Gasteiger partial charge is 0.211 e. The van der Waals surface area contributed by atoms with Gasteiger partial charge in [0.2, 0.25) is 10.0 Å². The van der Waals surface area contributed by atoms with Gasteiger partial charge in [-0.1, -0.05) is 12.8 Å². The molecule has 0 amide bonds. The summed E-state index contributed by atoms with van der Waals surface area (Å²) in [5.41, 5.74) is 0. The maximum Gasteiger partial charge on any atom is 0.211 e. The lowest BCUT2D eigenvalue weighted by Crippen LogP contribution is -2.44. The molecular weight excluding hydrogens is 276 g/mol. The van der Waals surface area contributed by atoms with Crippen molar-refractivity contribution in [2.75, 3.05) is 33.0 Å². The third-order valence-corrected chi connectivity index (χ3v) is 5.84. The Bertz CT molecular complexity index is 399. The van der Waals surface area contributed by atoms with Crippen LogP contribution in [0.1, 0.15) is 38.5 Å². The van der Waals surface area contributed by atoms with Gasteiger partial charge in [-0.2, -0.15) is 0 Å². The van der Waals surface area contributed by atoms with Gasteiger partial charge in [0.25, 0.3) is 0 Å². The summed E-state index contributed by atoms with van der Waals surface area (Å²) in [4.78, 5) is 0. The summed E-state index contributed by atoms with van der Waals surface area (Å²) < 4.78 is 30.9. The first-order chi connectivity index (χ1) is 9.50. The van der Waals surface area contributed by atoms with E-state index in [2.05, 4.69) is 5.32 Å². The van der Waals surface area contributed by atoms with Crippen LogP contribution in [-0.2, 0) is 14.8 Å². The molecule has 2 fully saturated rings. The van der Waals surface area contributed by atoms with Gasteiger partial charge in [0.05, 0.1) is 19.0 Å². The summed E-state index contributed by atoms with van der Waals surface area (Å²) in [5.74, 6) is 0.345. The van der Waals surface area contributed by atoms with Crippen molar-refractivity contribution in [3.63, 3.8) is 0 Å². The Morgan fingerprint density at radius 2 is 1.95 bits per heavy atom. The molecule has 0 spiro atoms. The highest BCUT2D eigenvalue weighted by molar-refractivity contribution is 7.88. The van der Waals surface area contributed by atoms with Crippen molar-refractivity contribution in [1.82, 2.24) is 9.62 Å². The zero-order chi connectivity index (χ0) is 14.6. The van der Waals surface area contributed by atoms with E-state index in [0.29, 0.717) is 37.8 Å². The summed E-state index contributed by atoms with van der Waals surface area (Å²) in [6.07, 6.45) is 8.43. The van der Waals surface area contributed by atoms with Crippen LogP contribution in [0.15, 0.2) is 0 Å². The van der Waals surface area contributed by atoms with Gasteiger partial charge < -0.3 is 10.1 Å². The summed E-state index contributed by atoms with van der Waals surface area (Å²) in [6, 6.07) is 0.457. The molecule has 6 heteroatoms. The minimum absolute atomic E-state index is 0.294. The minimum atomic E-state index is -3.05. The molecule has 1 aliphatic carbocycles. The lowest BCUT2D eigenvalue weighted by molar-refractivity contribution is -0.0182. The number of nitrogens with zero attached hydrogens (tertiary/aromatic N) is 1. The molecule has 1 saturated heterocycles. The number of hydrogen-bond acceptors (Lipinski definition) is 4. The number of ether oxygens (including phenoxy) is 1. The molecule has 0 radical (unpaired) electrons. The van der Waals surface area contributed by atoms with Crippen LogP contribution in [-0.4, -0.2) is 57.9 Å². The van der Waals surface area contributed by atoms with Gasteiger partial charge in [0.15, 0.2) is 0 Å². The number of sulfonamides is 1. The molecule has 0 aromatic rings. The maximum absolute atomic E-state index is 11.6. The van der Waals surface area contributed by atoms with Crippen LogP contribution in [0, 0.1) is 5.92 Å². The SMILES string of the molecule is CNC1CCCCC1OCC1CCCN(S(C)(=O)=O)C1. The zero-order valence-corrected chi connectivity index (χ0v) is 13.5. The first kappa shape index (κ1) is 16.2. The van der Waals surface area contributed by atoms with E-state index in [4.69, 9.17) is 4.74 Å². The van der Waals surface area contributed by atoms with Gasteiger partial charge in [-0.25, -0.2) is 12.7 Å². The molecule has 0 bridgehead atoms. The van der Waals surface area contributed by atoms with E-state index in [9.17, 15) is 8.42 Å². The second-order valence-corrected chi connectivity index (χ2v) is 8.16. The van der Waals surface area contributed by atoms with Crippen molar-refractivity contribution < 1.29 is 13.2 Å². The molecule has 118 valence electrons. The number of nitrogens with one attached hydrogen (secondary N) is 1. The Balaban J connectivity index is 1.81. The van der Waals surface area contributed by atoms with E-state index in [0.717, 1.165) is 19.3 Å². The van der Waals surface area contributed by atoms with E-state index in [1.165, 1.54) is 25.5 Å². The summed E-state index contributed by atoms with van der Waals surface area (Å²) in [5, 5.41) is 3.34. The normalized spacial score (nSPS) is 33.2. The lowest BCUT2D eigenvalue weighted by Gasteiger charge is -2.35. The van der Waals surface area contributed by atoms with Crippen molar-refractivity contribution in [1.29, 1.82) is 0 Å². The van der Waals surface area contributed by atoms with Crippen molar-refractivity contribution in [2.24, 2.45) is 5.92 Å². The Labute approximate surface area is 123 Å². The van der Waals surface area contributed by atoms with E-state index in [-0.39, 0.29) is 0 Å². The molecule has 3 atom stereocenters. The number of hydrogen-bond donors (Lipinski definition) is 1. The van der Waals surface area contributed by atoms with Gasteiger partial charge in [0, 0.05) is 19.1 Å². The number of likely N-dealkylation sites (N-methyl/N-ethyl adjacent to an activating group) is 1. The molecule has 2 rings (SSSR count). The predicted octanol–water partition coefficient (Wildman–Crippen LogP) is 1.21. The van der Waals surface area contributed by atoms with E-state index >= 15 is 0 Å². The van der Waals surface area contributed by atoms with Gasteiger partial charge in [0.1, 0.15) is 0 Å². The highest BCUT2D eigenvalue weighted by Crippen LogP contribution is 2.24. The van der Waals surface area contributed by atoms with Gasteiger partial charge >= 0.3 is 0 Å². The van der Waals surface area contributed by atoms with Crippen LogP contribution in [0.25, 0.3) is 0 Å². The van der Waals surface area contributed by atoms with Crippen LogP contribution in [0.2, 0.25) is 0 Å². The maximum atomic E-state index is 11.6. The topological polar surface area (TPSA) is 58.6 Å². The average Bonchev–Trinajstić information content (AvgIpc) is 2.45. The molecule has 3 unspecified atom stereocenters. The van der Waals surface area contributed by atoms with Crippen molar-refractivity contribution >= 4 is 10.0 Å². The first-order valence-electron chi connectivity index (χ1n) is 7.74. The Hall–Kier alpha value is -0.170. The van der Waals surface area contributed by atoms with Crippen molar-refractivity contribution in [2.45, 2.75) is 50.7 Å². The fourth-order valence-electron chi connectivity index (χ4n) is 3.35. The molecule has 2 aliphatic rings. The van der Waals surface area contributed by atoms with E-state index in [1.807, 2.05) is 7.05 Å². The molecule has 1 saturated carbocycles. The lowest BCUT2D eigenvalue weighted by atomic mass is 9.92. The van der Waals surface area contributed by atoms with Gasteiger partial charge in [-0.15, -0.1) is 0 Å². The highest BCUT2D eigenvalue weighted by atomic mass is 32.2. The van der Waals surface area contributed by atoms with E-state index < -0.39 is 10.0 Å². The summed E-state index contributed by atoms with van der Waals surface area (Å²) in [6.45, 7) is 1.97. The Morgan fingerprint density at radius 3 is 2.65 bits per heavy atom. The van der Waals surface area contributed by atoms with E-state index in [1.54, 1.807) is 4.31 Å². The Morgan fingerprint density at radius 1 is 1.20 bits per heavy atom. The molecule has 5 nitrogen and oxygen atoms in total. The fourth-order valence-corrected chi connectivity index (χ4v) is 4.29. The average molecular weight is 304 g/mol. The van der Waals surface area contributed by atoms with Gasteiger partial charge in [-0.3, -0.25) is 0 Å². The Kier molecular flexibility index (Phi) is 5.84. The second-order valence-electron chi connectivity index (χ2n) is 6.18. The molecule has 0 aromatic carbocycles. The molecule has 1 heterocycles. The van der Waals surface area contributed by atoms with Crippen LogP contribution >= 0.6 is 0 Å². The van der Waals surface area contributed by atoms with Crippen LogP contribution in [0.4, 0.5) is 0 Å². The molecule has 1 N–H and O–H groups in total. The minimum Gasteiger partial charge on any atom is -0.376 e. The molecule has 0 aromatic heterocycles. The zero-order valence-electron chi connectivity index (χ0n) is 12.7. The third-order valence-electron chi connectivity index (χ3n) is 4.57. The standard InChI is InChI=1S/C14H28N2O3S/c1-15-13-7-3-4-8-14(13)19-11-12-6-5-9-16(10-12)20(2,17)18/h12-15H,3-11H2,1-2H3. The number of piperidine rings is 1. The van der Waals surface area contributed by atoms with Crippen LogP contribution < -0.4 is 5.32 Å². The molecular formula is C14H28N2O3S. The van der Waals surface area contributed by atoms with Crippen LogP contribution in [0.5, 0.6) is 0 Å². The quantitative estimate of drug-likeness (QED) is 0.829. The predicted molar refractivity (Wildman–Crippen MR) is 80.2 cm³/mol. The number of rotatable bonds is 5. The molecule has 1 aliphatic heterocycles. The fraction of sp³-hybridized carbons (Fsp3) is 1.00. The summed E-state index contributed by atoms with van der Waals surface area (Å²) in [7, 11) is -1.05. The molecule has 20 heavy (non-hydrogen) atoms.